The highest BCUT2D eigenvalue weighted by Crippen LogP contribution is 2.33. The fourth-order valence-corrected chi connectivity index (χ4v) is 3.03. The van der Waals surface area contributed by atoms with Crippen molar-refractivity contribution in [3.63, 3.8) is 0 Å². The highest BCUT2D eigenvalue weighted by molar-refractivity contribution is 6.31. The van der Waals surface area contributed by atoms with E-state index in [0.717, 1.165) is 16.6 Å². The number of hydrogen-bond donors (Lipinski definition) is 1. The topological polar surface area (TPSA) is 68.5 Å². The average Bonchev–Trinajstić information content (AvgIpc) is 2.91. The molecule has 1 saturated heterocycles. The van der Waals surface area contributed by atoms with Crippen LogP contribution in [0.15, 0.2) is 30.5 Å². The summed E-state index contributed by atoms with van der Waals surface area (Å²) in [5, 5.41) is 1.54. The number of hydrogen-bond acceptors (Lipinski definition) is 4. The summed E-state index contributed by atoms with van der Waals surface area (Å²) in [5.74, 6) is -0.346. The van der Waals surface area contributed by atoms with Crippen LogP contribution in [0.25, 0.3) is 10.9 Å². The Labute approximate surface area is 127 Å². The molecule has 110 valence electrons. The van der Waals surface area contributed by atoms with Crippen LogP contribution in [0.4, 0.5) is 5.69 Å². The van der Waals surface area contributed by atoms with Gasteiger partial charge in [0.1, 0.15) is 6.04 Å². The molecule has 1 fully saturated rings. The molecule has 2 aromatic rings. The minimum atomic E-state index is -0.375. The number of methoxy groups -OCH3 is 1. The lowest BCUT2D eigenvalue weighted by atomic mass is 10.1. The van der Waals surface area contributed by atoms with E-state index >= 15 is 0 Å². The number of ether oxygens (including phenoxy) is 1. The first-order chi connectivity index (χ1) is 10.1. The zero-order valence-electron chi connectivity index (χ0n) is 11.6. The molecule has 0 saturated carbocycles. The lowest BCUT2D eigenvalue weighted by molar-refractivity contribution is -0.119. The molecule has 1 aromatic heterocycles. The van der Waals surface area contributed by atoms with Crippen LogP contribution in [0.2, 0.25) is 5.02 Å². The summed E-state index contributed by atoms with van der Waals surface area (Å²) in [4.78, 5) is 18.0. The number of aromatic nitrogens is 1. The first kappa shape index (κ1) is 14.1. The second-order valence-electron chi connectivity index (χ2n) is 5.16. The van der Waals surface area contributed by atoms with E-state index in [1.54, 1.807) is 19.4 Å². The Balaban J connectivity index is 2.10. The Morgan fingerprint density at radius 1 is 1.48 bits per heavy atom. The normalized spacial score (nSPS) is 21.9. The van der Waals surface area contributed by atoms with Crippen LogP contribution in [0.1, 0.15) is 6.42 Å². The number of amides is 1. The van der Waals surface area contributed by atoms with E-state index in [2.05, 4.69) is 4.98 Å². The van der Waals surface area contributed by atoms with Crippen molar-refractivity contribution in [3.8, 4) is 0 Å². The third-order valence-electron chi connectivity index (χ3n) is 3.91. The first-order valence-corrected chi connectivity index (χ1v) is 7.11. The van der Waals surface area contributed by atoms with E-state index in [1.165, 1.54) is 0 Å². The summed E-state index contributed by atoms with van der Waals surface area (Å²) in [5.41, 5.74) is 7.28. The molecule has 21 heavy (non-hydrogen) atoms. The highest BCUT2D eigenvalue weighted by Gasteiger charge is 2.36. The van der Waals surface area contributed by atoms with Crippen LogP contribution >= 0.6 is 11.6 Å². The van der Waals surface area contributed by atoms with Gasteiger partial charge in [-0.15, -0.1) is 0 Å². The number of pyridine rings is 1. The zero-order valence-corrected chi connectivity index (χ0v) is 12.4. The van der Waals surface area contributed by atoms with Crippen LogP contribution < -0.4 is 10.6 Å². The molecule has 2 N–H and O–H groups in total. The Bertz CT molecular complexity index is 692. The summed E-state index contributed by atoms with van der Waals surface area (Å²) >= 11 is 6.09. The van der Waals surface area contributed by atoms with Crippen molar-refractivity contribution in [2.24, 2.45) is 5.73 Å². The van der Waals surface area contributed by atoms with Gasteiger partial charge >= 0.3 is 0 Å². The summed E-state index contributed by atoms with van der Waals surface area (Å²) < 4.78 is 5.39. The molecule has 2 heterocycles. The molecule has 5 nitrogen and oxygen atoms in total. The molecule has 0 aliphatic carbocycles. The molecule has 6 heteroatoms. The van der Waals surface area contributed by atoms with Crippen LogP contribution in [-0.4, -0.2) is 36.7 Å². The maximum Gasteiger partial charge on any atom is 0.240 e. The highest BCUT2D eigenvalue weighted by atomic mass is 35.5. The van der Waals surface area contributed by atoms with Gasteiger partial charge in [-0.05, 0) is 24.3 Å². The van der Waals surface area contributed by atoms with E-state index in [9.17, 15) is 4.79 Å². The van der Waals surface area contributed by atoms with Crippen molar-refractivity contribution >= 4 is 34.1 Å². The van der Waals surface area contributed by atoms with Crippen LogP contribution in [-0.2, 0) is 9.53 Å². The van der Waals surface area contributed by atoms with E-state index in [1.807, 2.05) is 23.1 Å². The van der Waals surface area contributed by atoms with Gasteiger partial charge in [-0.3, -0.25) is 9.78 Å². The third kappa shape index (κ3) is 2.54. The van der Waals surface area contributed by atoms with Crippen molar-refractivity contribution in [3.05, 3.63) is 35.5 Å². The van der Waals surface area contributed by atoms with E-state index in [0.29, 0.717) is 18.0 Å². The lowest BCUT2D eigenvalue weighted by Gasteiger charge is -2.25. The van der Waals surface area contributed by atoms with Gasteiger partial charge in [0.15, 0.2) is 0 Å². The Hall–Kier alpha value is -1.85. The number of carbonyl (C=O) groups is 1. The quantitative estimate of drug-likeness (QED) is 0.941. The number of fused-ring (bicyclic) bond motifs is 1. The SMILES string of the molecule is CO[C@H]1C[C@@H](C(N)=O)N(c2ccnc3ccc(Cl)cc23)C1. The number of nitrogens with zero attached hydrogens (tertiary/aromatic N) is 2. The predicted octanol–water partition coefficient (Wildman–Crippen LogP) is 1.97. The van der Waals surface area contributed by atoms with Gasteiger partial charge in [0, 0.05) is 42.4 Å². The van der Waals surface area contributed by atoms with Crippen LogP contribution in [0, 0.1) is 0 Å². The van der Waals surface area contributed by atoms with Gasteiger partial charge in [0.25, 0.3) is 0 Å². The van der Waals surface area contributed by atoms with Gasteiger partial charge in [-0.2, -0.15) is 0 Å². The smallest absolute Gasteiger partial charge is 0.240 e. The van der Waals surface area contributed by atoms with E-state index < -0.39 is 0 Å². The molecular formula is C15H16ClN3O2. The maximum absolute atomic E-state index is 11.7. The molecule has 2 atom stereocenters. The van der Waals surface area contributed by atoms with E-state index in [4.69, 9.17) is 22.1 Å². The van der Waals surface area contributed by atoms with Crippen LogP contribution in [0.5, 0.6) is 0 Å². The van der Waals surface area contributed by atoms with Crippen molar-refractivity contribution in [2.75, 3.05) is 18.6 Å². The molecule has 1 aliphatic heterocycles. The van der Waals surface area contributed by atoms with Crippen LogP contribution in [0.3, 0.4) is 0 Å². The summed E-state index contributed by atoms with van der Waals surface area (Å²) in [7, 11) is 1.65. The van der Waals surface area contributed by atoms with Crippen molar-refractivity contribution in [2.45, 2.75) is 18.6 Å². The number of rotatable bonds is 3. The minimum Gasteiger partial charge on any atom is -0.380 e. The molecule has 0 spiro atoms. The largest absolute Gasteiger partial charge is 0.380 e. The van der Waals surface area contributed by atoms with E-state index in [-0.39, 0.29) is 18.1 Å². The fraction of sp³-hybridized carbons (Fsp3) is 0.333. The maximum atomic E-state index is 11.7. The van der Waals surface area contributed by atoms with Gasteiger partial charge in [0.05, 0.1) is 11.6 Å². The first-order valence-electron chi connectivity index (χ1n) is 6.73. The molecule has 1 amide bonds. The van der Waals surface area contributed by atoms with Gasteiger partial charge in [0.2, 0.25) is 5.91 Å². The number of benzene rings is 1. The average molecular weight is 306 g/mol. The molecule has 0 unspecified atom stereocenters. The molecule has 1 aromatic carbocycles. The number of halogens is 1. The summed E-state index contributed by atoms with van der Waals surface area (Å²) in [6.07, 6.45) is 2.31. The Morgan fingerprint density at radius 3 is 3.00 bits per heavy atom. The summed E-state index contributed by atoms with van der Waals surface area (Å²) in [6, 6.07) is 7.03. The Morgan fingerprint density at radius 2 is 2.29 bits per heavy atom. The fourth-order valence-electron chi connectivity index (χ4n) is 2.86. The van der Waals surface area contributed by atoms with Crippen molar-refractivity contribution < 1.29 is 9.53 Å². The number of anilines is 1. The monoisotopic (exact) mass is 305 g/mol. The molecule has 0 bridgehead atoms. The molecule has 3 rings (SSSR count). The predicted molar refractivity (Wildman–Crippen MR) is 82.5 cm³/mol. The lowest BCUT2D eigenvalue weighted by Crippen LogP contribution is -2.40. The second kappa shape index (κ2) is 5.50. The minimum absolute atomic E-state index is 0.00935. The molecular weight excluding hydrogens is 290 g/mol. The van der Waals surface area contributed by atoms with Gasteiger partial charge < -0.3 is 15.4 Å². The van der Waals surface area contributed by atoms with Crippen molar-refractivity contribution in [1.29, 1.82) is 0 Å². The number of nitrogens with two attached hydrogens (primary N) is 1. The zero-order chi connectivity index (χ0) is 15.0. The summed E-state index contributed by atoms with van der Waals surface area (Å²) in [6.45, 7) is 0.621. The van der Waals surface area contributed by atoms with Crippen molar-refractivity contribution in [1.82, 2.24) is 4.98 Å². The number of carbonyl (C=O) groups excluding carboxylic acids is 1. The number of primary amides is 1. The Kier molecular flexibility index (Phi) is 3.69. The molecule has 0 radical (unpaired) electrons. The standard InChI is InChI=1S/C15H16ClN3O2/c1-21-10-7-14(15(17)20)19(8-10)13-4-5-18-12-3-2-9(16)6-11(12)13/h2-6,10,14H,7-8H2,1H3,(H2,17,20)/t10-,14-/m0/s1. The molecule has 1 aliphatic rings. The van der Waals surface area contributed by atoms with Gasteiger partial charge in [-0.25, -0.2) is 0 Å². The third-order valence-corrected chi connectivity index (χ3v) is 4.15. The second-order valence-corrected chi connectivity index (χ2v) is 5.59. The van der Waals surface area contributed by atoms with Gasteiger partial charge in [-0.1, -0.05) is 11.6 Å².